The van der Waals surface area contributed by atoms with Gasteiger partial charge in [0.15, 0.2) is 0 Å². The molecular weight excluding hydrogens is 394 g/mol. The van der Waals surface area contributed by atoms with Crippen molar-refractivity contribution in [3.63, 3.8) is 0 Å². The number of carbonyl (C=O) groups is 1. The van der Waals surface area contributed by atoms with E-state index in [0.29, 0.717) is 19.8 Å². The molecule has 30 heavy (non-hydrogen) atoms. The fraction of sp³-hybridized carbons (Fsp3) is 0.565. The van der Waals surface area contributed by atoms with Crippen LogP contribution in [0.3, 0.4) is 0 Å². The average molecular weight is 430 g/mol. The summed E-state index contributed by atoms with van der Waals surface area (Å²) in [6, 6.07) is 11.3. The van der Waals surface area contributed by atoms with Crippen molar-refractivity contribution < 1.29 is 14.3 Å². The first kappa shape index (κ1) is 22.6. The molecule has 0 spiro atoms. The number of carbonyl (C=O) groups excluding carboxylic acids is 1. The Bertz CT molecular complexity index is 866. The van der Waals surface area contributed by atoms with Gasteiger partial charge in [-0.2, -0.15) is 5.10 Å². The molecule has 0 saturated heterocycles. The molecule has 6 nitrogen and oxygen atoms in total. The van der Waals surface area contributed by atoms with Gasteiger partial charge in [-0.15, -0.1) is 0 Å². The molecule has 1 amide bonds. The lowest BCUT2D eigenvalue weighted by atomic mass is 10.0. The number of hydrogen-bond acceptors (Lipinski definition) is 4. The fourth-order valence-electron chi connectivity index (χ4n) is 3.44. The van der Waals surface area contributed by atoms with Crippen molar-refractivity contribution in [3.05, 3.63) is 41.6 Å². The van der Waals surface area contributed by atoms with Crippen LogP contribution >= 0.6 is 0 Å². The lowest BCUT2D eigenvalue weighted by molar-refractivity contribution is 0.0219. The molecule has 2 aromatic rings. The highest BCUT2D eigenvalue weighted by Gasteiger charge is 2.30. The van der Waals surface area contributed by atoms with Crippen molar-refractivity contribution in [2.24, 2.45) is 0 Å². The Morgan fingerprint density at radius 2 is 1.87 bits per heavy atom. The zero-order valence-electron chi connectivity index (χ0n) is 19.2. The van der Waals surface area contributed by atoms with E-state index in [1.165, 1.54) is 0 Å². The number of benzene rings is 1. The van der Waals surface area contributed by atoms with Gasteiger partial charge >= 0.3 is 6.09 Å². The van der Waals surface area contributed by atoms with Gasteiger partial charge in [-0.25, -0.2) is 9.48 Å². The molecule has 3 rings (SSSR count). The van der Waals surface area contributed by atoms with E-state index in [2.05, 4.69) is 31.8 Å². The van der Waals surface area contributed by atoms with Crippen molar-refractivity contribution >= 4 is 14.2 Å². The minimum Gasteiger partial charge on any atom is -0.444 e. The molecular formula is C23H35N3O3Si. The molecule has 2 heterocycles. The van der Waals surface area contributed by atoms with Gasteiger partial charge in [0.2, 0.25) is 0 Å². The van der Waals surface area contributed by atoms with Gasteiger partial charge in [0.1, 0.15) is 12.3 Å². The Labute approximate surface area is 181 Å². The van der Waals surface area contributed by atoms with Crippen molar-refractivity contribution in [1.29, 1.82) is 0 Å². The van der Waals surface area contributed by atoms with Crippen LogP contribution in [-0.4, -0.2) is 47.6 Å². The number of fused-ring (bicyclic) bond motifs is 1. The van der Waals surface area contributed by atoms with E-state index >= 15 is 0 Å². The largest absolute Gasteiger partial charge is 0.444 e. The summed E-state index contributed by atoms with van der Waals surface area (Å²) in [6.45, 7) is 15.1. The quantitative estimate of drug-likeness (QED) is 0.470. The van der Waals surface area contributed by atoms with E-state index < -0.39 is 13.7 Å². The fourth-order valence-corrected chi connectivity index (χ4v) is 4.19. The topological polar surface area (TPSA) is 56.6 Å². The second-order valence-corrected chi connectivity index (χ2v) is 15.8. The molecule has 0 radical (unpaired) electrons. The Kier molecular flexibility index (Phi) is 6.72. The van der Waals surface area contributed by atoms with Crippen molar-refractivity contribution in [1.82, 2.24) is 14.7 Å². The Morgan fingerprint density at radius 1 is 1.17 bits per heavy atom. The maximum absolute atomic E-state index is 12.6. The summed E-state index contributed by atoms with van der Waals surface area (Å²) in [5.74, 6) is 0. The van der Waals surface area contributed by atoms with Crippen molar-refractivity contribution in [2.75, 3.05) is 13.2 Å². The van der Waals surface area contributed by atoms with Crippen LogP contribution in [0.25, 0.3) is 11.3 Å². The van der Waals surface area contributed by atoms with Crippen LogP contribution in [0.15, 0.2) is 30.3 Å². The van der Waals surface area contributed by atoms with E-state index in [1.54, 1.807) is 4.90 Å². The number of hydrogen-bond donors (Lipinski definition) is 0. The number of ether oxygens (including phenoxy) is 2. The molecule has 0 unspecified atom stereocenters. The van der Waals surface area contributed by atoms with Crippen LogP contribution in [0.2, 0.25) is 25.7 Å². The maximum atomic E-state index is 12.6. The summed E-state index contributed by atoms with van der Waals surface area (Å²) in [5, 5.41) is 4.89. The molecule has 0 saturated carbocycles. The van der Waals surface area contributed by atoms with Crippen LogP contribution in [0.4, 0.5) is 4.79 Å². The zero-order chi connectivity index (χ0) is 21.9. The molecule has 0 atom stereocenters. The molecule has 7 heteroatoms. The van der Waals surface area contributed by atoms with Gasteiger partial charge in [0, 0.05) is 44.5 Å². The summed E-state index contributed by atoms with van der Waals surface area (Å²) < 4.78 is 13.6. The van der Waals surface area contributed by atoms with Crippen LogP contribution in [-0.2, 0) is 29.2 Å². The minimum atomic E-state index is -1.13. The number of rotatable bonds is 6. The summed E-state index contributed by atoms with van der Waals surface area (Å²) in [6.07, 6.45) is 0.470. The first-order valence-corrected chi connectivity index (χ1v) is 14.4. The van der Waals surface area contributed by atoms with Gasteiger partial charge in [0.05, 0.1) is 12.2 Å². The Balaban J connectivity index is 1.82. The SMILES string of the molecule is CC(C)(C)OC(=O)N1CCc2c(c(-c3ccccc3)nn2COCC[Si](C)(C)C)C1. The molecule has 1 aliphatic rings. The van der Waals surface area contributed by atoms with E-state index in [9.17, 15) is 4.79 Å². The highest BCUT2D eigenvalue weighted by Crippen LogP contribution is 2.31. The average Bonchev–Trinajstić information content (AvgIpc) is 3.02. The standard InChI is InChI=1S/C23H35N3O3Si/c1-23(2,3)29-22(27)25-13-12-20-19(16-25)21(18-10-8-7-9-11-18)24-26(20)17-28-14-15-30(4,5)6/h7-11H,12-17H2,1-6H3. The third kappa shape index (κ3) is 5.95. The van der Waals surface area contributed by atoms with Crippen molar-refractivity contribution in [3.8, 4) is 11.3 Å². The smallest absolute Gasteiger partial charge is 0.410 e. The van der Waals surface area contributed by atoms with Gasteiger partial charge in [0.25, 0.3) is 0 Å². The third-order valence-corrected chi connectivity index (χ3v) is 6.75. The van der Waals surface area contributed by atoms with Crippen LogP contribution in [0.5, 0.6) is 0 Å². The summed E-state index contributed by atoms with van der Waals surface area (Å²) in [7, 11) is -1.13. The van der Waals surface area contributed by atoms with E-state index in [4.69, 9.17) is 14.6 Å². The van der Waals surface area contributed by atoms with Crippen LogP contribution in [0.1, 0.15) is 32.0 Å². The monoisotopic (exact) mass is 429 g/mol. The molecule has 1 aliphatic heterocycles. The highest BCUT2D eigenvalue weighted by molar-refractivity contribution is 6.76. The second kappa shape index (κ2) is 8.94. The highest BCUT2D eigenvalue weighted by atomic mass is 28.3. The van der Waals surface area contributed by atoms with Crippen LogP contribution in [0, 0.1) is 0 Å². The van der Waals surface area contributed by atoms with Gasteiger partial charge in [-0.3, -0.25) is 0 Å². The number of amides is 1. The summed E-state index contributed by atoms with van der Waals surface area (Å²) >= 11 is 0. The van der Waals surface area contributed by atoms with Crippen LogP contribution < -0.4 is 0 Å². The first-order valence-electron chi connectivity index (χ1n) is 10.7. The molecule has 0 aliphatic carbocycles. The Morgan fingerprint density at radius 3 is 2.50 bits per heavy atom. The molecule has 0 N–H and O–H groups in total. The predicted molar refractivity (Wildman–Crippen MR) is 122 cm³/mol. The minimum absolute atomic E-state index is 0.272. The maximum Gasteiger partial charge on any atom is 0.410 e. The molecule has 0 fully saturated rings. The van der Waals surface area contributed by atoms with Crippen molar-refractivity contribution in [2.45, 2.75) is 71.8 Å². The number of aromatic nitrogens is 2. The Hall–Kier alpha value is -2.12. The van der Waals surface area contributed by atoms with Gasteiger partial charge in [-0.1, -0.05) is 50.0 Å². The molecule has 164 valence electrons. The van der Waals surface area contributed by atoms with E-state index in [0.717, 1.165) is 41.6 Å². The zero-order valence-corrected chi connectivity index (χ0v) is 20.2. The molecule has 1 aromatic heterocycles. The predicted octanol–water partition coefficient (Wildman–Crippen LogP) is 5.16. The number of nitrogens with zero attached hydrogens (tertiary/aromatic N) is 3. The van der Waals surface area contributed by atoms with Gasteiger partial charge in [-0.05, 0) is 26.8 Å². The molecule has 0 bridgehead atoms. The summed E-state index contributed by atoms with van der Waals surface area (Å²) in [4.78, 5) is 14.4. The lowest BCUT2D eigenvalue weighted by Crippen LogP contribution is -2.40. The van der Waals surface area contributed by atoms with E-state index in [1.807, 2.05) is 43.7 Å². The summed E-state index contributed by atoms with van der Waals surface area (Å²) in [5.41, 5.74) is 3.72. The van der Waals surface area contributed by atoms with E-state index in [-0.39, 0.29) is 6.09 Å². The third-order valence-electron chi connectivity index (χ3n) is 5.04. The first-order chi connectivity index (χ1) is 14.0. The lowest BCUT2D eigenvalue weighted by Gasteiger charge is -2.30. The molecule has 1 aromatic carbocycles. The van der Waals surface area contributed by atoms with Gasteiger partial charge < -0.3 is 14.4 Å². The normalized spacial score (nSPS) is 14.5. The second-order valence-electron chi connectivity index (χ2n) is 10.1.